The Labute approximate surface area is 129 Å². The standard InChI is InChI=1S/C16H22F2N2O2/c17-15(18)10-22-13-5-1-3-11(7-13)9-20-16(21)8-12-4-2-6-14(12)19/h1,3,5,7,12,14-15H,2,4,6,8-10,19H2,(H,20,21)/t12-,14+/m0/s1. The molecule has 122 valence electrons. The van der Waals surface area contributed by atoms with Gasteiger partial charge in [-0.2, -0.15) is 0 Å². The lowest BCUT2D eigenvalue weighted by Crippen LogP contribution is -2.31. The molecule has 0 bridgehead atoms. The molecule has 1 fully saturated rings. The molecule has 1 aliphatic rings. The quantitative estimate of drug-likeness (QED) is 0.813. The molecule has 2 atom stereocenters. The minimum atomic E-state index is -2.50. The summed E-state index contributed by atoms with van der Waals surface area (Å²) < 4.78 is 29.2. The lowest BCUT2D eigenvalue weighted by Gasteiger charge is -2.15. The van der Waals surface area contributed by atoms with E-state index in [2.05, 4.69) is 5.32 Å². The summed E-state index contributed by atoms with van der Waals surface area (Å²) in [5.74, 6) is 0.617. The fourth-order valence-electron chi connectivity index (χ4n) is 2.73. The summed E-state index contributed by atoms with van der Waals surface area (Å²) in [5.41, 5.74) is 6.77. The van der Waals surface area contributed by atoms with Gasteiger partial charge in [0.25, 0.3) is 6.43 Å². The minimum Gasteiger partial charge on any atom is -0.488 e. The van der Waals surface area contributed by atoms with Crippen LogP contribution in [0.1, 0.15) is 31.2 Å². The van der Waals surface area contributed by atoms with Crippen LogP contribution in [-0.2, 0) is 11.3 Å². The topological polar surface area (TPSA) is 64.4 Å². The predicted octanol–water partition coefficient (Wildman–Crippen LogP) is 2.46. The van der Waals surface area contributed by atoms with Gasteiger partial charge in [0.1, 0.15) is 12.4 Å². The first-order chi connectivity index (χ1) is 10.5. The van der Waals surface area contributed by atoms with Crippen LogP contribution in [0.4, 0.5) is 8.78 Å². The number of carbonyl (C=O) groups excluding carboxylic acids is 1. The molecule has 0 aromatic heterocycles. The highest BCUT2D eigenvalue weighted by Gasteiger charge is 2.25. The fourth-order valence-corrected chi connectivity index (χ4v) is 2.73. The molecular formula is C16H22F2N2O2. The van der Waals surface area contributed by atoms with E-state index in [1.807, 2.05) is 6.07 Å². The number of rotatable bonds is 7. The normalized spacial score (nSPS) is 21.1. The molecule has 3 N–H and O–H groups in total. The van der Waals surface area contributed by atoms with Crippen LogP contribution in [0.25, 0.3) is 0 Å². The van der Waals surface area contributed by atoms with Gasteiger partial charge >= 0.3 is 0 Å². The summed E-state index contributed by atoms with van der Waals surface area (Å²) in [6, 6.07) is 6.93. The zero-order valence-corrected chi connectivity index (χ0v) is 12.4. The van der Waals surface area contributed by atoms with Crippen molar-refractivity contribution in [1.29, 1.82) is 0 Å². The highest BCUT2D eigenvalue weighted by Crippen LogP contribution is 2.26. The molecule has 22 heavy (non-hydrogen) atoms. The molecule has 1 saturated carbocycles. The number of nitrogens with two attached hydrogens (primary N) is 1. The molecule has 1 aromatic carbocycles. The van der Waals surface area contributed by atoms with Crippen molar-refractivity contribution in [3.63, 3.8) is 0 Å². The van der Waals surface area contributed by atoms with E-state index >= 15 is 0 Å². The second-order valence-electron chi connectivity index (χ2n) is 5.69. The second-order valence-corrected chi connectivity index (χ2v) is 5.69. The van der Waals surface area contributed by atoms with E-state index in [0.29, 0.717) is 18.7 Å². The van der Waals surface area contributed by atoms with Crippen LogP contribution in [0.5, 0.6) is 5.75 Å². The SMILES string of the molecule is N[C@@H]1CCC[C@H]1CC(=O)NCc1cccc(OCC(F)F)c1. The third-order valence-corrected chi connectivity index (χ3v) is 3.93. The Hall–Kier alpha value is -1.69. The summed E-state index contributed by atoms with van der Waals surface area (Å²) in [4.78, 5) is 11.9. The zero-order chi connectivity index (χ0) is 15.9. The maximum Gasteiger partial charge on any atom is 0.272 e. The third-order valence-electron chi connectivity index (χ3n) is 3.93. The van der Waals surface area contributed by atoms with Crippen LogP contribution in [0, 0.1) is 5.92 Å². The van der Waals surface area contributed by atoms with E-state index in [9.17, 15) is 13.6 Å². The van der Waals surface area contributed by atoms with Crippen LogP contribution in [0.2, 0.25) is 0 Å². The van der Waals surface area contributed by atoms with Crippen LogP contribution in [0.3, 0.4) is 0 Å². The monoisotopic (exact) mass is 312 g/mol. The van der Waals surface area contributed by atoms with E-state index in [1.165, 1.54) is 0 Å². The van der Waals surface area contributed by atoms with Crippen molar-refractivity contribution >= 4 is 5.91 Å². The molecule has 0 heterocycles. The molecule has 1 amide bonds. The van der Waals surface area contributed by atoms with Gasteiger partial charge in [0.2, 0.25) is 5.91 Å². The number of amides is 1. The first-order valence-corrected chi connectivity index (χ1v) is 7.57. The maximum atomic E-state index is 12.1. The summed E-state index contributed by atoms with van der Waals surface area (Å²) in [6.07, 6.45) is 1.03. The number of nitrogens with one attached hydrogen (secondary N) is 1. The Kier molecular flexibility index (Phi) is 6.12. The van der Waals surface area contributed by atoms with Gasteiger partial charge in [0, 0.05) is 19.0 Å². The van der Waals surface area contributed by atoms with E-state index in [-0.39, 0.29) is 17.9 Å². The van der Waals surface area contributed by atoms with Gasteiger partial charge in [-0.15, -0.1) is 0 Å². The molecule has 4 nitrogen and oxygen atoms in total. The van der Waals surface area contributed by atoms with Crippen molar-refractivity contribution in [2.24, 2.45) is 11.7 Å². The van der Waals surface area contributed by atoms with Gasteiger partial charge < -0.3 is 15.8 Å². The number of halogens is 2. The van der Waals surface area contributed by atoms with Crippen LogP contribution in [0.15, 0.2) is 24.3 Å². The van der Waals surface area contributed by atoms with Gasteiger partial charge in [-0.05, 0) is 36.5 Å². The molecule has 1 aromatic rings. The predicted molar refractivity (Wildman–Crippen MR) is 79.7 cm³/mol. The Morgan fingerprint density at radius 2 is 2.23 bits per heavy atom. The average molecular weight is 312 g/mol. The maximum absolute atomic E-state index is 12.1. The summed E-state index contributed by atoms with van der Waals surface area (Å²) in [7, 11) is 0. The molecule has 2 rings (SSSR count). The number of carbonyl (C=O) groups is 1. The molecule has 6 heteroatoms. The molecule has 0 spiro atoms. The van der Waals surface area contributed by atoms with E-state index in [4.69, 9.17) is 10.5 Å². The van der Waals surface area contributed by atoms with Crippen molar-refractivity contribution in [2.45, 2.75) is 44.7 Å². The Morgan fingerprint density at radius 1 is 1.41 bits per heavy atom. The summed E-state index contributed by atoms with van der Waals surface area (Å²) in [6.45, 7) is -0.276. The largest absolute Gasteiger partial charge is 0.488 e. The van der Waals surface area contributed by atoms with Gasteiger partial charge in [-0.25, -0.2) is 8.78 Å². The molecular weight excluding hydrogens is 290 g/mol. The van der Waals surface area contributed by atoms with Gasteiger partial charge in [0.15, 0.2) is 0 Å². The number of hydrogen-bond acceptors (Lipinski definition) is 3. The lowest BCUT2D eigenvalue weighted by molar-refractivity contribution is -0.122. The highest BCUT2D eigenvalue weighted by atomic mass is 19.3. The number of benzene rings is 1. The van der Waals surface area contributed by atoms with E-state index in [0.717, 1.165) is 24.8 Å². The van der Waals surface area contributed by atoms with Gasteiger partial charge in [0.05, 0.1) is 0 Å². The van der Waals surface area contributed by atoms with Crippen molar-refractivity contribution < 1.29 is 18.3 Å². The summed E-state index contributed by atoms with van der Waals surface area (Å²) in [5, 5.41) is 2.84. The molecule has 1 aliphatic carbocycles. The molecule has 0 saturated heterocycles. The first-order valence-electron chi connectivity index (χ1n) is 7.57. The fraction of sp³-hybridized carbons (Fsp3) is 0.562. The zero-order valence-electron chi connectivity index (χ0n) is 12.4. The van der Waals surface area contributed by atoms with Gasteiger partial charge in [-0.1, -0.05) is 18.6 Å². The van der Waals surface area contributed by atoms with Crippen molar-refractivity contribution in [1.82, 2.24) is 5.32 Å². The smallest absolute Gasteiger partial charge is 0.272 e. The van der Waals surface area contributed by atoms with Crippen LogP contribution in [-0.4, -0.2) is 25.0 Å². The molecule has 0 aliphatic heterocycles. The summed E-state index contributed by atoms with van der Waals surface area (Å²) >= 11 is 0. The van der Waals surface area contributed by atoms with E-state index < -0.39 is 13.0 Å². The highest BCUT2D eigenvalue weighted by molar-refractivity contribution is 5.76. The van der Waals surface area contributed by atoms with Gasteiger partial charge in [-0.3, -0.25) is 4.79 Å². The Bertz CT molecular complexity index is 497. The lowest BCUT2D eigenvalue weighted by atomic mass is 10.00. The van der Waals surface area contributed by atoms with Crippen LogP contribution < -0.4 is 15.8 Å². The Balaban J connectivity index is 1.78. The second kappa shape index (κ2) is 8.08. The minimum absolute atomic E-state index is 0.0266. The van der Waals surface area contributed by atoms with Crippen LogP contribution >= 0.6 is 0 Å². The molecule has 0 unspecified atom stereocenters. The third kappa shape index (κ3) is 5.26. The number of ether oxygens (including phenoxy) is 1. The Morgan fingerprint density at radius 3 is 2.91 bits per heavy atom. The molecule has 0 radical (unpaired) electrons. The van der Waals surface area contributed by atoms with Crippen molar-refractivity contribution in [3.8, 4) is 5.75 Å². The van der Waals surface area contributed by atoms with Crippen molar-refractivity contribution in [2.75, 3.05) is 6.61 Å². The first kappa shape index (κ1) is 16.7. The average Bonchev–Trinajstić information content (AvgIpc) is 2.89. The number of alkyl halides is 2. The number of hydrogen-bond donors (Lipinski definition) is 2. The van der Waals surface area contributed by atoms with Crippen molar-refractivity contribution in [3.05, 3.63) is 29.8 Å². The van der Waals surface area contributed by atoms with E-state index in [1.54, 1.807) is 18.2 Å².